The van der Waals surface area contributed by atoms with E-state index in [2.05, 4.69) is 25.5 Å². The van der Waals surface area contributed by atoms with Crippen molar-refractivity contribution in [3.05, 3.63) is 68.3 Å². The smallest absolute Gasteiger partial charge is 0.337 e. The molecule has 0 spiro atoms. The van der Waals surface area contributed by atoms with Gasteiger partial charge in [0.1, 0.15) is 5.82 Å². The van der Waals surface area contributed by atoms with Gasteiger partial charge < -0.3 is 20.3 Å². The summed E-state index contributed by atoms with van der Waals surface area (Å²) in [5.41, 5.74) is 2.38. The van der Waals surface area contributed by atoms with Crippen LogP contribution in [-0.4, -0.2) is 53.4 Å². The molecular weight excluding hydrogens is 490 g/mol. The van der Waals surface area contributed by atoms with Crippen molar-refractivity contribution in [1.82, 2.24) is 14.9 Å². The predicted molar refractivity (Wildman–Crippen MR) is 134 cm³/mol. The number of halogens is 1. The maximum Gasteiger partial charge on any atom is 0.337 e. The molecule has 2 N–H and O–H groups in total. The number of nitrogens with one attached hydrogen (secondary N) is 2. The molecule has 182 valence electrons. The number of anilines is 2. The lowest BCUT2D eigenvalue weighted by atomic mass is 10.0. The molecule has 1 aromatic carbocycles. The van der Waals surface area contributed by atoms with Gasteiger partial charge in [-0.05, 0) is 43.3 Å². The van der Waals surface area contributed by atoms with Crippen molar-refractivity contribution in [2.45, 2.75) is 25.8 Å². The Morgan fingerprint density at radius 1 is 1.20 bits per heavy atom. The molecule has 1 aliphatic rings. The molecule has 0 saturated carbocycles. The molecule has 2 aromatic heterocycles. The predicted octanol–water partition coefficient (Wildman–Crippen LogP) is 3.79. The third kappa shape index (κ3) is 6.21. The van der Waals surface area contributed by atoms with Crippen LogP contribution in [-0.2, 0) is 28.9 Å². The number of benzene rings is 1. The van der Waals surface area contributed by atoms with Gasteiger partial charge in [0, 0.05) is 42.7 Å². The summed E-state index contributed by atoms with van der Waals surface area (Å²) in [6.07, 6.45) is 2.72. The van der Waals surface area contributed by atoms with Gasteiger partial charge >= 0.3 is 5.97 Å². The lowest BCUT2D eigenvalue weighted by molar-refractivity contribution is -0.116. The number of nitrogens with zero attached hydrogens (tertiary/aromatic N) is 3. The molecule has 0 radical (unpaired) electrons. The Morgan fingerprint density at radius 3 is 2.77 bits per heavy atom. The van der Waals surface area contributed by atoms with Crippen LogP contribution in [0.3, 0.4) is 0 Å². The third-order valence-electron chi connectivity index (χ3n) is 5.51. The summed E-state index contributed by atoms with van der Waals surface area (Å²) in [6, 6.07) is 8.12. The lowest BCUT2D eigenvalue weighted by Gasteiger charge is -2.20. The van der Waals surface area contributed by atoms with Gasteiger partial charge in [0.15, 0.2) is 5.01 Å². The van der Waals surface area contributed by atoms with Crippen molar-refractivity contribution in [3.8, 4) is 0 Å². The summed E-state index contributed by atoms with van der Waals surface area (Å²) in [6.45, 7) is 1.66. The zero-order valence-electron chi connectivity index (χ0n) is 19.3. The number of thiazole rings is 1. The number of hydrogen-bond donors (Lipinski definition) is 2. The van der Waals surface area contributed by atoms with E-state index in [0.29, 0.717) is 39.1 Å². The molecular formula is C24H24ClN5O4S. The zero-order chi connectivity index (χ0) is 24.9. The molecule has 1 aliphatic heterocycles. The summed E-state index contributed by atoms with van der Waals surface area (Å²) in [5.74, 6) is -0.727. The molecule has 0 aliphatic carbocycles. The average molecular weight is 514 g/mol. The number of methoxy groups -OCH3 is 1. The van der Waals surface area contributed by atoms with Crippen molar-refractivity contribution >= 4 is 52.2 Å². The molecule has 0 atom stereocenters. The van der Waals surface area contributed by atoms with E-state index in [1.807, 2.05) is 7.05 Å². The summed E-state index contributed by atoms with van der Waals surface area (Å²) in [4.78, 5) is 49.4. The highest BCUT2D eigenvalue weighted by Gasteiger charge is 2.22. The molecule has 0 fully saturated rings. The van der Waals surface area contributed by atoms with Gasteiger partial charge in [0.05, 0.1) is 23.4 Å². The Bertz CT molecular complexity index is 1260. The Kier molecular flexibility index (Phi) is 7.74. The third-order valence-corrected chi connectivity index (χ3v) is 6.82. The van der Waals surface area contributed by atoms with Crippen LogP contribution in [0.4, 0.5) is 11.5 Å². The van der Waals surface area contributed by atoms with Crippen LogP contribution in [0.15, 0.2) is 36.5 Å². The number of aryl methyl sites for hydroxylation is 1. The first kappa shape index (κ1) is 24.8. The van der Waals surface area contributed by atoms with Crippen molar-refractivity contribution in [2.75, 3.05) is 31.3 Å². The van der Waals surface area contributed by atoms with Crippen molar-refractivity contribution in [2.24, 2.45) is 0 Å². The number of carbonyl (C=O) groups excluding carboxylic acids is 3. The first-order chi connectivity index (χ1) is 16.8. The number of rotatable bonds is 7. The second-order valence-corrected chi connectivity index (χ2v) is 9.62. The highest BCUT2D eigenvalue weighted by Crippen LogP contribution is 2.26. The first-order valence-electron chi connectivity index (χ1n) is 10.9. The Hall–Kier alpha value is -3.34. The fourth-order valence-corrected chi connectivity index (χ4v) is 4.85. The summed E-state index contributed by atoms with van der Waals surface area (Å²) in [5, 5.41) is 6.43. The zero-order valence-corrected chi connectivity index (χ0v) is 20.8. The van der Waals surface area contributed by atoms with Gasteiger partial charge in [0.2, 0.25) is 5.91 Å². The molecule has 3 heterocycles. The minimum Gasteiger partial charge on any atom is -0.465 e. The maximum atomic E-state index is 13.0. The number of carbonyl (C=O) groups is 3. The van der Waals surface area contributed by atoms with Gasteiger partial charge in [-0.2, -0.15) is 0 Å². The maximum absolute atomic E-state index is 13.0. The molecule has 2 amide bonds. The van der Waals surface area contributed by atoms with Gasteiger partial charge in [-0.15, -0.1) is 11.3 Å². The molecule has 35 heavy (non-hydrogen) atoms. The molecule has 9 nitrogen and oxygen atoms in total. The lowest BCUT2D eigenvalue weighted by Crippen LogP contribution is -2.25. The molecule has 0 saturated heterocycles. The first-order valence-corrected chi connectivity index (χ1v) is 12.1. The van der Waals surface area contributed by atoms with E-state index in [1.165, 1.54) is 24.6 Å². The van der Waals surface area contributed by atoms with E-state index >= 15 is 0 Å². The molecule has 0 bridgehead atoms. The Morgan fingerprint density at radius 2 is 2.03 bits per heavy atom. The molecule has 0 unspecified atom stereocenters. The van der Waals surface area contributed by atoms with Crippen molar-refractivity contribution in [1.29, 1.82) is 0 Å². The van der Waals surface area contributed by atoms with E-state index in [9.17, 15) is 14.4 Å². The minimum atomic E-state index is -0.522. The normalized spacial score (nSPS) is 13.1. The van der Waals surface area contributed by atoms with E-state index in [0.717, 1.165) is 30.1 Å². The van der Waals surface area contributed by atoms with Crippen LogP contribution in [0.1, 0.15) is 42.7 Å². The number of hydrogen-bond acceptors (Lipinski definition) is 8. The quantitative estimate of drug-likeness (QED) is 0.462. The van der Waals surface area contributed by atoms with E-state index < -0.39 is 5.97 Å². The number of likely N-dealkylation sites (N-methyl/N-ethyl adjacent to an activating group) is 1. The van der Waals surface area contributed by atoms with Gasteiger partial charge in [-0.25, -0.2) is 14.8 Å². The van der Waals surface area contributed by atoms with Gasteiger partial charge in [-0.3, -0.25) is 9.59 Å². The number of aromatic nitrogens is 2. The summed E-state index contributed by atoms with van der Waals surface area (Å²) >= 11 is 7.20. The van der Waals surface area contributed by atoms with E-state index in [-0.39, 0.29) is 18.2 Å². The Balaban J connectivity index is 1.49. The number of esters is 1. The molecule has 4 rings (SSSR count). The summed E-state index contributed by atoms with van der Waals surface area (Å²) < 4.78 is 4.81. The number of ether oxygens (including phenoxy) is 1. The van der Waals surface area contributed by atoms with Gasteiger partial charge in [-0.1, -0.05) is 17.7 Å². The fourth-order valence-electron chi connectivity index (χ4n) is 3.66. The second-order valence-electron chi connectivity index (χ2n) is 8.10. The fraction of sp³-hybridized carbons (Fsp3) is 0.292. The standard InChI is InChI=1S/C24H24ClN5O4S/c1-30-10-9-17-19(13-30)35-23(28-17)22(32)27-18-11-15(24(33)34-2)4-3-14(18)5-8-21(31)29-20-7-6-16(25)12-26-20/h3-4,6-7,11-12H,5,8-10,13H2,1-2H3,(H,27,32)(H,26,29,31). The number of amides is 2. The minimum absolute atomic E-state index is 0.141. The van der Waals surface area contributed by atoms with Crippen LogP contribution in [0.5, 0.6) is 0 Å². The highest BCUT2D eigenvalue weighted by molar-refractivity contribution is 7.13. The van der Waals surface area contributed by atoms with Gasteiger partial charge in [0.25, 0.3) is 5.91 Å². The van der Waals surface area contributed by atoms with Crippen LogP contribution in [0.25, 0.3) is 0 Å². The second kappa shape index (κ2) is 10.9. The average Bonchev–Trinajstić information content (AvgIpc) is 3.27. The molecule has 3 aromatic rings. The monoisotopic (exact) mass is 513 g/mol. The number of pyridine rings is 1. The van der Waals surface area contributed by atoms with Crippen LogP contribution < -0.4 is 10.6 Å². The largest absolute Gasteiger partial charge is 0.465 e. The van der Waals surface area contributed by atoms with Crippen LogP contribution in [0.2, 0.25) is 5.02 Å². The molecule has 11 heteroatoms. The Labute approximate surface area is 211 Å². The van der Waals surface area contributed by atoms with E-state index in [4.69, 9.17) is 16.3 Å². The topological polar surface area (TPSA) is 114 Å². The SMILES string of the molecule is COC(=O)c1ccc(CCC(=O)Nc2ccc(Cl)cn2)c(NC(=O)c2nc3c(s2)CN(C)CC3)c1. The van der Waals surface area contributed by atoms with Crippen molar-refractivity contribution in [3.63, 3.8) is 0 Å². The number of fused-ring (bicyclic) bond motifs is 1. The van der Waals surface area contributed by atoms with Crippen LogP contribution >= 0.6 is 22.9 Å². The highest BCUT2D eigenvalue weighted by atomic mass is 35.5. The van der Waals surface area contributed by atoms with E-state index in [1.54, 1.807) is 30.3 Å². The summed E-state index contributed by atoms with van der Waals surface area (Å²) in [7, 11) is 3.33. The van der Waals surface area contributed by atoms with Crippen LogP contribution in [0, 0.1) is 0 Å². The van der Waals surface area contributed by atoms with Crippen molar-refractivity contribution < 1.29 is 19.1 Å².